The Labute approximate surface area is 185 Å². The van der Waals surface area contributed by atoms with Gasteiger partial charge in [-0.2, -0.15) is 5.10 Å². The van der Waals surface area contributed by atoms with Gasteiger partial charge in [-0.1, -0.05) is 12.1 Å². The summed E-state index contributed by atoms with van der Waals surface area (Å²) in [6, 6.07) is 9.93. The van der Waals surface area contributed by atoms with Crippen LogP contribution in [0.15, 0.2) is 55.6 Å². The SMILES string of the molecule is CCOC(=O)[C@@H](C)Oc1c(Br)cc(C=Nn2c(=O)[nH]c3ccccc3c2=O)cc1OC. The van der Waals surface area contributed by atoms with E-state index in [-0.39, 0.29) is 6.61 Å². The summed E-state index contributed by atoms with van der Waals surface area (Å²) in [6.07, 6.45) is 0.497. The Kier molecular flexibility index (Phi) is 6.91. The molecule has 0 radical (unpaired) electrons. The monoisotopic (exact) mass is 489 g/mol. The smallest absolute Gasteiger partial charge is 0.349 e. The molecule has 0 unspecified atom stereocenters. The third-order valence-electron chi connectivity index (χ3n) is 4.27. The molecule has 3 aromatic rings. The fourth-order valence-corrected chi connectivity index (χ4v) is 3.35. The van der Waals surface area contributed by atoms with Gasteiger partial charge < -0.3 is 19.2 Å². The van der Waals surface area contributed by atoms with E-state index >= 15 is 0 Å². The molecule has 10 heteroatoms. The molecule has 162 valence electrons. The molecule has 0 bridgehead atoms. The number of para-hydroxylation sites is 1. The zero-order chi connectivity index (χ0) is 22.5. The molecule has 1 heterocycles. The van der Waals surface area contributed by atoms with Crippen LogP contribution in [0.5, 0.6) is 11.5 Å². The van der Waals surface area contributed by atoms with Gasteiger partial charge in [0.05, 0.1) is 35.3 Å². The zero-order valence-electron chi connectivity index (χ0n) is 17.0. The number of carbonyl (C=O) groups excluding carboxylic acids is 1. The van der Waals surface area contributed by atoms with Gasteiger partial charge in [0.2, 0.25) is 0 Å². The van der Waals surface area contributed by atoms with Gasteiger partial charge in [-0.15, -0.1) is 4.68 Å². The molecule has 9 nitrogen and oxygen atoms in total. The van der Waals surface area contributed by atoms with Gasteiger partial charge in [-0.25, -0.2) is 9.59 Å². The molecule has 1 aromatic heterocycles. The topological polar surface area (TPSA) is 112 Å². The van der Waals surface area contributed by atoms with Gasteiger partial charge in [-0.3, -0.25) is 4.79 Å². The number of nitrogens with zero attached hydrogens (tertiary/aromatic N) is 2. The van der Waals surface area contributed by atoms with E-state index in [4.69, 9.17) is 14.2 Å². The summed E-state index contributed by atoms with van der Waals surface area (Å²) in [6.45, 7) is 3.52. The Bertz CT molecular complexity index is 1260. The molecule has 0 saturated carbocycles. The highest BCUT2D eigenvalue weighted by molar-refractivity contribution is 9.10. The van der Waals surface area contributed by atoms with Crippen LogP contribution in [0.2, 0.25) is 0 Å². The molecule has 1 atom stereocenters. The van der Waals surface area contributed by atoms with Crippen molar-refractivity contribution in [3.05, 3.63) is 67.3 Å². The van der Waals surface area contributed by atoms with Crippen LogP contribution >= 0.6 is 15.9 Å². The number of hydrogen-bond acceptors (Lipinski definition) is 7. The third-order valence-corrected chi connectivity index (χ3v) is 4.86. The van der Waals surface area contributed by atoms with Crippen LogP contribution in [-0.4, -0.2) is 41.7 Å². The Morgan fingerprint density at radius 3 is 2.74 bits per heavy atom. The van der Waals surface area contributed by atoms with Gasteiger partial charge >= 0.3 is 11.7 Å². The Hall–Kier alpha value is -3.40. The second-order valence-corrected chi connectivity index (χ2v) is 7.24. The second-order valence-electron chi connectivity index (χ2n) is 6.38. The van der Waals surface area contributed by atoms with Crippen molar-refractivity contribution >= 4 is 39.0 Å². The largest absolute Gasteiger partial charge is 0.493 e. The average molecular weight is 490 g/mol. The number of nitrogens with one attached hydrogen (secondary N) is 1. The minimum Gasteiger partial charge on any atom is -0.493 e. The summed E-state index contributed by atoms with van der Waals surface area (Å²) in [5, 5.41) is 4.37. The average Bonchev–Trinajstić information content (AvgIpc) is 2.75. The van der Waals surface area contributed by atoms with Crippen LogP contribution in [0.1, 0.15) is 19.4 Å². The number of rotatable bonds is 7. The Morgan fingerprint density at radius 1 is 1.29 bits per heavy atom. The summed E-state index contributed by atoms with van der Waals surface area (Å²) < 4.78 is 17.2. The minimum atomic E-state index is -0.848. The van der Waals surface area contributed by atoms with E-state index in [1.165, 1.54) is 13.3 Å². The highest BCUT2D eigenvalue weighted by Gasteiger charge is 2.20. The van der Waals surface area contributed by atoms with E-state index in [0.717, 1.165) is 4.68 Å². The summed E-state index contributed by atoms with van der Waals surface area (Å²) in [7, 11) is 1.45. The number of fused-ring (bicyclic) bond motifs is 1. The molecule has 0 amide bonds. The van der Waals surface area contributed by atoms with Crippen LogP contribution < -0.4 is 20.7 Å². The predicted molar refractivity (Wildman–Crippen MR) is 119 cm³/mol. The van der Waals surface area contributed by atoms with Crippen LogP contribution in [0.4, 0.5) is 0 Å². The number of carbonyl (C=O) groups is 1. The fourth-order valence-electron chi connectivity index (χ4n) is 2.80. The third kappa shape index (κ3) is 4.85. The normalized spacial score (nSPS) is 12.1. The van der Waals surface area contributed by atoms with Crippen molar-refractivity contribution in [1.82, 2.24) is 9.66 Å². The summed E-state index contributed by atoms with van der Waals surface area (Å²) in [5.41, 5.74) is -0.232. The number of aromatic nitrogens is 2. The lowest BCUT2D eigenvalue weighted by atomic mass is 10.2. The van der Waals surface area contributed by atoms with Crippen molar-refractivity contribution in [3.8, 4) is 11.5 Å². The van der Waals surface area contributed by atoms with Crippen LogP contribution in [0.25, 0.3) is 10.9 Å². The Morgan fingerprint density at radius 2 is 2.03 bits per heavy atom. The van der Waals surface area contributed by atoms with Crippen molar-refractivity contribution in [1.29, 1.82) is 0 Å². The van der Waals surface area contributed by atoms with Gasteiger partial charge in [-0.05, 0) is 59.6 Å². The number of ether oxygens (including phenoxy) is 3. The summed E-state index contributed by atoms with van der Waals surface area (Å²) in [5.74, 6) is 0.129. The van der Waals surface area contributed by atoms with E-state index in [0.29, 0.717) is 32.4 Å². The first kappa shape index (κ1) is 22.3. The van der Waals surface area contributed by atoms with Crippen molar-refractivity contribution in [2.24, 2.45) is 5.10 Å². The van der Waals surface area contributed by atoms with E-state index in [9.17, 15) is 14.4 Å². The summed E-state index contributed by atoms with van der Waals surface area (Å²) in [4.78, 5) is 39.3. The maximum Gasteiger partial charge on any atom is 0.349 e. The molecule has 1 N–H and O–H groups in total. The number of methoxy groups -OCH3 is 1. The standard InChI is InChI=1S/C21H20BrN3O6/c1-4-30-20(27)12(2)31-18-15(22)9-13(10-17(18)29-3)11-23-25-19(26)14-7-5-6-8-16(14)24-21(25)28/h5-12H,4H2,1-3H3,(H,24,28)/t12-/m1/s1. The molecule has 3 rings (SSSR count). The number of hydrogen-bond donors (Lipinski definition) is 1. The summed E-state index contributed by atoms with van der Waals surface area (Å²) >= 11 is 3.39. The maximum atomic E-state index is 12.6. The molecule has 0 aliphatic rings. The molecule has 31 heavy (non-hydrogen) atoms. The van der Waals surface area contributed by atoms with Gasteiger partial charge in [0.1, 0.15) is 0 Å². The van der Waals surface area contributed by atoms with Gasteiger partial charge in [0.15, 0.2) is 17.6 Å². The lowest BCUT2D eigenvalue weighted by Gasteiger charge is -2.17. The molecule has 0 saturated heterocycles. The van der Waals surface area contributed by atoms with Crippen LogP contribution in [-0.2, 0) is 9.53 Å². The second kappa shape index (κ2) is 9.61. The number of halogens is 1. The molecular formula is C21H20BrN3O6. The highest BCUT2D eigenvalue weighted by Crippen LogP contribution is 2.37. The van der Waals surface area contributed by atoms with E-state index < -0.39 is 23.3 Å². The predicted octanol–water partition coefficient (Wildman–Crippen LogP) is 2.67. The maximum absolute atomic E-state index is 12.6. The van der Waals surface area contributed by atoms with Crippen LogP contribution in [0, 0.1) is 0 Å². The Balaban J connectivity index is 1.95. The first-order valence-corrected chi connectivity index (χ1v) is 10.1. The minimum absolute atomic E-state index is 0.244. The van der Waals surface area contributed by atoms with Gasteiger partial charge in [0.25, 0.3) is 5.56 Å². The number of benzene rings is 2. The number of aromatic amines is 1. The number of esters is 1. The van der Waals surface area contributed by atoms with Crippen molar-refractivity contribution < 1.29 is 19.0 Å². The number of H-pyrrole nitrogens is 1. The van der Waals surface area contributed by atoms with E-state index in [2.05, 4.69) is 26.0 Å². The zero-order valence-corrected chi connectivity index (χ0v) is 18.6. The lowest BCUT2D eigenvalue weighted by Crippen LogP contribution is -2.32. The molecule has 0 fully saturated rings. The molecule has 2 aromatic carbocycles. The first-order valence-electron chi connectivity index (χ1n) is 9.35. The fraction of sp³-hybridized carbons (Fsp3) is 0.238. The molecular weight excluding hydrogens is 470 g/mol. The van der Waals surface area contributed by atoms with Crippen molar-refractivity contribution in [2.75, 3.05) is 13.7 Å². The lowest BCUT2D eigenvalue weighted by molar-refractivity contribution is -0.150. The first-order chi connectivity index (χ1) is 14.8. The van der Waals surface area contributed by atoms with Crippen LogP contribution in [0.3, 0.4) is 0 Å². The van der Waals surface area contributed by atoms with E-state index in [1.54, 1.807) is 50.2 Å². The highest BCUT2D eigenvalue weighted by atomic mass is 79.9. The molecule has 0 aliphatic carbocycles. The molecule has 0 spiro atoms. The van der Waals surface area contributed by atoms with E-state index in [1.807, 2.05) is 0 Å². The quantitative estimate of drug-likeness (QED) is 0.403. The van der Waals surface area contributed by atoms with Crippen molar-refractivity contribution in [2.45, 2.75) is 20.0 Å². The van der Waals surface area contributed by atoms with Gasteiger partial charge in [0, 0.05) is 0 Å². The van der Waals surface area contributed by atoms with Crippen molar-refractivity contribution in [3.63, 3.8) is 0 Å². The molecule has 0 aliphatic heterocycles.